The van der Waals surface area contributed by atoms with E-state index in [4.69, 9.17) is 16.3 Å². The molecule has 25 heavy (non-hydrogen) atoms. The number of hydrogen-bond donors (Lipinski definition) is 1. The molecule has 0 unspecified atom stereocenters. The molecule has 0 amide bonds. The lowest BCUT2D eigenvalue weighted by Gasteiger charge is -2.19. The summed E-state index contributed by atoms with van der Waals surface area (Å²) in [6, 6.07) is 17.5. The van der Waals surface area contributed by atoms with Gasteiger partial charge in [-0.1, -0.05) is 41.9 Å². The molecule has 0 saturated carbocycles. The monoisotopic (exact) mass is 354 g/mol. The molecule has 0 aliphatic carbocycles. The molecule has 0 atom stereocenters. The third-order valence-electron chi connectivity index (χ3n) is 3.73. The summed E-state index contributed by atoms with van der Waals surface area (Å²) in [5.41, 5.74) is 1.97. The molecule has 0 aliphatic rings. The highest BCUT2D eigenvalue weighted by Gasteiger charge is 2.08. The van der Waals surface area contributed by atoms with Crippen molar-refractivity contribution >= 4 is 28.9 Å². The smallest absolute Gasteiger partial charge is 0.142 e. The van der Waals surface area contributed by atoms with E-state index in [1.54, 1.807) is 19.2 Å². The third kappa shape index (κ3) is 4.39. The highest BCUT2D eigenvalue weighted by atomic mass is 35.5. The second-order valence-electron chi connectivity index (χ2n) is 5.57. The number of nitrogens with one attached hydrogen (secondary N) is 1. The highest BCUT2D eigenvalue weighted by Crippen LogP contribution is 2.30. The molecule has 3 aromatic rings. The Hall–Kier alpha value is -2.79. The molecule has 0 fully saturated rings. The van der Waals surface area contributed by atoms with Gasteiger partial charge in [0.1, 0.15) is 23.7 Å². The van der Waals surface area contributed by atoms with Gasteiger partial charge in [0.25, 0.3) is 0 Å². The van der Waals surface area contributed by atoms with Crippen LogP contribution in [0, 0.1) is 0 Å². The van der Waals surface area contributed by atoms with Gasteiger partial charge in [0.2, 0.25) is 0 Å². The van der Waals surface area contributed by atoms with Crippen molar-refractivity contribution in [2.45, 2.75) is 6.54 Å². The fraction of sp³-hybridized carbons (Fsp3) is 0.158. The Morgan fingerprint density at radius 2 is 1.88 bits per heavy atom. The van der Waals surface area contributed by atoms with Crippen LogP contribution in [-0.4, -0.2) is 24.1 Å². The first-order valence-corrected chi connectivity index (χ1v) is 8.21. The number of benzene rings is 2. The zero-order chi connectivity index (χ0) is 17.6. The fourth-order valence-corrected chi connectivity index (χ4v) is 2.65. The van der Waals surface area contributed by atoms with Gasteiger partial charge in [-0.2, -0.15) is 0 Å². The summed E-state index contributed by atoms with van der Waals surface area (Å²) in [4.78, 5) is 10.7. The van der Waals surface area contributed by atoms with E-state index < -0.39 is 0 Å². The van der Waals surface area contributed by atoms with E-state index in [1.165, 1.54) is 11.9 Å². The molecule has 128 valence electrons. The molecule has 0 saturated heterocycles. The van der Waals surface area contributed by atoms with Crippen LogP contribution in [0.1, 0.15) is 5.56 Å². The maximum absolute atomic E-state index is 6.08. The van der Waals surface area contributed by atoms with E-state index in [-0.39, 0.29) is 0 Å². The average molecular weight is 355 g/mol. The largest absolute Gasteiger partial charge is 0.495 e. The third-order valence-corrected chi connectivity index (χ3v) is 3.97. The summed E-state index contributed by atoms with van der Waals surface area (Å²) < 4.78 is 5.35. The Morgan fingerprint density at radius 3 is 2.64 bits per heavy atom. The molecule has 0 bridgehead atoms. The lowest BCUT2D eigenvalue weighted by atomic mass is 10.2. The summed E-state index contributed by atoms with van der Waals surface area (Å²) in [5, 5.41) is 3.86. The molecule has 0 aliphatic heterocycles. The number of methoxy groups -OCH3 is 1. The van der Waals surface area contributed by atoms with Crippen molar-refractivity contribution in [2.75, 3.05) is 24.4 Å². The van der Waals surface area contributed by atoms with Crippen molar-refractivity contribution in [3.05, 3.63) is 71.5 Å². The number of halogens is 1. The van der Waals surface area contributed by atoms with E-state index >= 15 is 0 Å². The normalized spacial score (nSPS) is 10.4. The van der Waals surface area contributed by atoms with Crippen LogP contribution in [0.2, 0.25) is 5.02 Å². The summed E-state index contributed by atoms with van der Waals surface area (Å²) in [6.07, 6.45) is 1.54. The maximum Gasteiger partial charge on any atom is 0.142 e. The summed E-state index contributed by atoms with van der Waals surface area (Å²) in [5.74, 6) is 2.19. The van der Waals surface area contributed by atoms with Gasteiger partial charge in [-0.3, -0.25) is 0 Å². The van der Waals surface area contributed by atoms with Gasteiger partial charge in [-0.15, -0.1) is 0 Å². The summed E-state index contributed by atoms with van der Waals surface area (Å²) in [6.45, 7) is 0.762. The number of nitrogens with zero attached hydrogens (tertiary/aromatic N) is 3. The molecular weight excluding hydrogens is 336 g/mol. The van der Waals surface area contributed by atoms with Gasteiger partial charge in [-0.25, -0.2) is 9.97 Å². The Bertz CT molecular complexity index is 842. The summed E-state index contributed by atoms with van der Waals surface area (Å²) in [7, 11) is 3.62. The number of anilines is 3. The van der Waals surface area contributed by atoms with E-state index in [9.17, 15) is 0 Å². The molecular formula is C19H19ClN4O. The number of aromatic nitrogens is 2. The molecule has 0 radical (unpaired) electrons. The second-order valence-corrected chi connectivity index (χ2v) is 6.01. The van der Waals surface area contributed by atoms with Crippen LogP contribution in [0.15, 0.2) is 60.9 Å². The van der Waals surface area contributed by atoms with Gasteiger partial charge in [0.15, 0.2) is 0 Å². The molecule has 5 nitrogen and oxygen atoms in total. The molecule has 1 heterocycles. The first-order chi connectivity index (χ1) is 12.2. The lowest BCUT2D eigenvalue weighted by molar-refractivity contribution is 0.417. The maximum atomic E-state index is 6.08. The van der Waals surface area contributed by atoms with Crippen LogP contribution >= 0.6 is 11.6 Å². The van der Waals surface area contributed by atoms with Gasteiger partial charge < -0.3 is 15.0 Å². The number of hydrogen-bond acceptors (Lipinski definition) is 5. The first kappa shape index (κ1) is 17.0. The van der Waals surface area contributed by atoms with Crippen molar-refractivity contribution in [1.82, 2.24) is 9.97 Å². The van der Waals surface area contributed by atoms with Crippen molar-refractivity contribution in [3.63, 3.8) is 0 Å². The average Bonchev–Trinajstić information content (AvgIpc) is 2.63. The fourth-order valence-electron chi connectivity index (χ4n) is 2.48. The Morgan fingerprint density at radius 1 is 1.08 bits per heavy atom. The minimum Gasteiger partial charge on any atom is -0.495 e. The quantitative estimate of drug-likeness (QED) is 0.705. The lowest BCUT2D eigenvalue weighted by Crippen LogP contribution is -2.17. The van der Waals surface area contributed by atoms with Gasteiger partial charge in [-0.05, 0) is 23.8 Å². The Kier molecular flexibility index (Phi) is 5.36. The predicted molar refractivity (Wildman–Crippen MR) is 102 cm³/mol. The highest BCUT2D eigenvalue weighted by molar-refractivity contribution is 6.31. The standard InChI is InChI=1S/C19H19ClN4O/c1-24(12-14-6-4-3-5-7-14)19-11-18(21-13-22-19)23-16-10-15(20)8-9-17(16)25-2/h3-11,13H,12H2,1-2H3,(H,21,22,23). The van der Waals surface area contributed by atoms with Gasteiger partial charge in [0.05, 0.1) is 12.8 Å². The van der Waals surface area contributed by atoms with Gasteiger partial charge >= 0.3 is 0 Å². The van der Waals surface area contributed by atoms with E-state index in [0.717, 1.165) is 18.1 Å². The predicted octanol–water partition coefficient (Wildman–Crippen LogP) is 4.52. The minimum atomic E-state index is 0.624. The minimum absolute atomic E-state index is 0.624. The molecule has 0 spiro atoms. The van der Waals surface area contributed by atoms with E-state index in [2.05, 4.69) is 32.3 Å². The zero-order valence-electron chi connectivity index (χ0n) is 14.1. The van der Waals surface area contributed by atoms with Crippen LogP contribution in [0.5, 0.6) is 5.75 Å². The van der Waals surface area contributed by atoms with E-state index in [1.807, 2.05) is 37.4 Å². The van der Waals surface area contributed by atoms with Crippen molar-refractivity contribution in [3.8, 4) is 5.75 Å². The Labute approximate surface area is 152 Å². The number of rotatable bonds is 6. The molecule has 3 rings (SSSR count). The first-order valence-electron chi connectivity index (χ1n) is 7.83. The van der Waals surface area contributed by atoms with Crippen LogP contribution in [0.4, 0.5) is 17.3 Å². The number of ether oxygens (including phenoxy) is 1. The van der Waals surface area contributed by atoms with Crippen LogP contribution in [0.25, 0.3) is 0 Å². The molecule has 2 aromatic carbocycles. The van der Waals surface area contributed by atoms with Crippen molar-refractivity contribution < 1.29 is 4.74 Å². The molecule has 6 heteroatoms. The molecule has 1 aromatic heterocycles. The molecule has 1 N–H and O–H groups in total. The zero-order valence-corrected chi connectivity index (χ0v) is 14.9. The van der Waals surface area contributed by atoms with Gasteiger partial charge in [0, 0.05) is 24.7 Å². The SMILES string of the molecule is COc1ccc(Cl)cc1Nc1cc(N(C)Cc2ccccc2)ncn1. The van der Waals surface area contributed by atoms with Crippen LogP contribution in [-0.2, 0) is 6.54 Å². The summed E-state index contributed by atoms with van der Waals surface area (Å²) >= 11 is 6.08. The van der Waals surface area contributed by atoms with Crippen molar-refractivity contribution in [1.29, 1.82) is 0 Å². The van der Waals surface area contributed by atoms with Crippen LogP contribution < -0.4 is 15.0 Å². The Balaban J connectivity index is 1.79. The topological polar surface area (TPSA) is 50.3 Å². The van der Waals surface area contributed by atoms with Crippen molar-refractivity contribution in [2.24, 2.45) is 0 Å². The van der Waals surface area contributed by atoms with Crippen LogP contribution in [0.3, 0.4) is 0 Å². The second kappa shape index (κ2) is 7.85. The van der Waals surface area contributed by atoms with E-state index in [0.29, 0.717) is 16.6 Å².